The lowest BCUT2D eigenvalue weighted by Crippen LogP contribution is -2.57. The number of ether oxygens (including phenoxy) is 1. The van der Waals surface area contributed by atoms with E-state index in [0.717, 1.165) is 39.1 Å². The molecule has 4 rings (SSSR count). The van der Waals surface area contributed by atoms with Gasteiger partial charge in [-0.25, -0.2) is 0 Å². The Labute approximate surface area is 169 Å². The van der Waals surface area contributed by atoms with E-state index < -0.39 is 0 Å². The minimum Gasteiger partial charge on any atom is -0.459 e. The van der Waals surface area contributed by atoms with Crippen LogP contribution in [0.1, 0.15) is 36.2 Å². The van der Waals surface area contributed by atoms with Gasteiger partial charge in [0.05, 0.1) is 31.4 Å². The van der Waals surface area contributed by atoms with Crippen molar-refractivity contribution in [3.63, 3.8) is 0 Å². The molecule has 9 nitrogen and oxygen atoms in total. The van der Waals surface area contributed by atoms with E-state index in [2.05, 4.69) is 20.6 Å². The largest absolute Gasteiger partial charge is 0.459 e. The van der Waals surface area contributed by atoms with E-state index in [1.165, 1.54) is 30.0 Å². The number of carbonyl (C=O) groups is 2. The molecule has 0 bridgehead atoms. The third-order valence-corrected chi connectivity index (χ3v) is 5.77. The highest BCUT2D eigenvalue weighted by Crippen LogP contribution is 2.35. The first-order valence-corrected chi connectivity index (χ1v) is 10.1. The van der Waals surface area contributed by atoms with Crippen LogP contribution in [0.4, 0.5) is 5.69 Å². The fourth-order valence-electron chi connectivity index (χ4n) is 4.26. The van der Waals surface area contributed by atoms with Gasteiger partial charge in [0.2, 0.25) is 5.91 Å². The van der Waals surface area contributed by atoms with Crippen LogP contribution < -0.4 is 10.6 Å². The first-order valence-electron chi connectivity index (χ1n) is 10.1. The zero-order valence-electron chi connectivity index (χ0n) is 16.4. The topological polar surface area (TPSA) is 102 Å². The Balaban J connectivity index is 1.29. The molecule has 1 aliphatic heterocycles. The zero-order chi connectivity index (χ0) is 20.1. The number of carbonyl (C=O) groups excluding carboxylic acids is 2. The summed E-state index contributed by atoms with van der Waals surface area (Å²) >= 11 is 0. The fraction of sp³-hybridized carbons (Fsp3) is 0.550. The number of amides is 2. The van der Waals surface area contributed by atoms with Crippen LogP contribution in [0.3, 0.4) is 0 Å². The highest BCUT2D eigenvalue weighted by Gasteiger charge is 2.40. The number of aromatic nitrogens is 2. The Kier molecular flexibility index (Phi) is 5.96. The summed E-state index contributed by atoms with van der Waals surface area (Å²) in [5, 5.41) is 9.96. The molecular weight excluding hydrogens is 374 g/mol. The number of nitrogens with one attached hydrogen (secondary N) is 2. The van der Waals surface area contributed by atoms with Gasteiger partial charge in [-0.3, -0.25) is 19.2 Å². The predicted octanol–water partition coefficient (Wildman–Crippen LogP) is 1.49. The lowest BCUT2D eigenvalue weighted by molar-refractivity contribution is -0.122. The zero-order valence-corrected chi connectivity index (χ0v) is 16.4. The van der Waals surface area contributed by atoms with E-state index >= 15 is 0 Å². The van der Waals surface area contributed by atoms with E-state index in [-0.39, 0.29) is 29.7 Å². The van der Waals surface area contributed by atoms with Gasteiger partial charge in [-0.05, 0) is 25.0 Å². The summed E-state index contributed by atoms with van der Waals surface area (Å²) in [4.78, 5) is 27.0. The molecule has 9 heteroatoms. The number of furan rings is 1. The number of hydrogen-bond acceptors (Lipinski definition) is 6. The van der Waals surface area contributed by atoms with Crippen LogP contribution in [0.25, 0.3) is 0 Å². The molecule has 1 saturated carbocycles. The van der Waals surface area contributed by atoms with Gasteiger partial charge in [-0.15, -0.1) is 0 Å². The van der Waals surface area contributed by atoms with Gasteiger partial charge in [0.25, 0.3) is 5.91 Å². The number of morpholine rings is 1. The Hall–Kier alpha value is -2.65. The first kappa shape index (κ1) is 19.7. The molecule has 29 heavy (non-hydrogen) atoms. The van der Waals surface area contributed by atoms with Crippen molar-refractivity contribution in [2.24, 2.45) is 0 Å². The standard InChI is InChI=1S/C20H27N5O4/c26-18(21-15-20(5-1-2-6-20)24-7-10-28-11-8-24)14-25-13-16(12-22-25)23-19(27)17-4-3-9-29-17/h3-4,9,12-13H,1-2,5-8,10-11,14-15H2,(H,21,26)(H,23,27). The quantitative estimate of drug-likeness (QED) is 0.729. The van der Waals surface area contributed by atoms with Gasteiger partial charge >= 0.3 is 0 Å². The van der Waals surface area contributed by atoms with Crippen molar-refractivity contribution in [3.8, 4) is 0 Å². The Bertz CT molecular complexity index is 820. The second kappa shape index (κ2) is 8.79. The van der Waals surface area contributed by atoms with E-state index in [0.29, 0.717) is 12.2 Å². The summed E-state index contributed by atoms with van der Waals surface area (Å²) in [6.07, 6.45) is 9.21. The molecular formula is C20H27N5O4. The maximum Gasteiger partial charge on any atom is 0.291 e. The molecule has 1 saturated heterocycles. The van der Waals surface area contributed by atoms with E-state index in [1.807, 2.05) is 0 Å². The molecule has 0 radical (unpaired) electrons. The third-order valence-electron chi connectivity index (χ3n) is 5.77. The molecule has 1 aliphatic carbocycles. The summed E-state index contributed by atoms with van der Waals surface area (Å²) in [6, 6.07) is 3.23. The molecule has 2 N–H and O–H groups in total. The molecule has 0 aromatic carbocycles. The van der Waals surface area contributed by atoms with Crippen LogP contribution in [0.5, 0.6) is 0 Å². The number of hydrogen-bond donors (Lipinski definition) is 2. The SMILES string of the molecule is O=C(Cn1cc(NC(=O)c2ccco2)cn1)NCC1(N2CCOCC2)CCCC1. The lowest BCUT2D eigenvalue weighted by Gasteiger charge is -2.43. The summed E-state index contributed by atoms with van der Waals surface area (Å²) in [7, 11) is 0. The van der Waals surface area contributed by atoms with Crippen LogP contribution in [-0.2, 0) is 16.1 Å². The molecule has 3 heterocycles. The second-order valence-corrected chi connectivity index (χ2v) is 7.67. The molecule has 0 unspecified atom stereocenters. The molecule has 2 amide bonds. The minimum absolute atomic E-state index is 0.0474. The van der Waals surface area contributed by atoms with E-state index in [9.17, 15) is 9.59 Å². The molecule has 156 valence electrons. The summed E-state index contributed by atoms with van der Waals surface area (Å²) in [5.74, 6) is -0.218. The Morgan fingerprint density at radius 1 is 1.21 bits per heavy atom. The average molecular weight is 401 g/mol. The molecule has 0 spiro atoms. The van der Waals surface area contributed by atoms with Gasteiger partial charge in [0.15, 0.2) is 5.76 Å². The van der Waals surface area contributed by atoms with Crippen molar-refractivity contribution in [2.75, 3.05) is 38.2 Å². The molecule has 2 fully saturated rings. The monoisotopic (exact) mass is 401 g/mol. The van der Waals surface area contributed by atoms with Gasteiger partial charge < -0.3 is 19.8 Å². The minimum atomic E-state index is -0.354. The molecule has 2 aromatic heterocycles. The Morgan fingerprint density at radius 3 is 2.72 bits per heavy atom. The van der Waals surface area contributed by atoms with Crippen molar-refractivity contribution in [2.45, 2.75) is 37.8 Å². The highest BCUT2D eigenvalue weighted by molar-refractivity contribution is 6.02. The van der Waals surface area contributed by atoms with Crippen molar-refractivity contribution >= 4 is 17.5 Å². The molecule has 2 aliphatic rings. The highest BCUT2D eigenvalue weighted by atomic mass is 16.5. The van der Waals surface area contributed by atoms with Crippen molar-refractivity contribution in [1.82, 2.24) is 20.0 Å². The summed E-state index contributed by atoms with van der Waals surface area (Å²) in [6.45, 7) is 4.12. The fourth-order valence-corrected chi connectivity index (χ4v) is 4.26. The lowest BCUT2D eigenvalue weighted by atomic mass is 9.94. The number of anilines is 1. The average Bonchev–Trinajstić information content (AvgIpc) is 3.50. The van der Waals surface area contributed by atoms with Crippen molar-refractivity contribution < 1.29 is 18.7 Å². The smallest absolute Gasteiger partial charge is 0.291 e. The second-order valence-electron chi connectivity index (χ2n) is 7.67. The van der Waals surface area contributed by atoms with Crippen LogP contribution in [0.15, 0.2) is 35.2 Å². The maximum atomic E-state index is 12.5. The van der Waals surface area contributed by atoms with Crippen LogP contribution >= 0.6 is 0 Å². The predicted molar refractivity (Wildman–Crippen MR) is 105 cm³/mol. The maximum absolute atomic E-state index is 12.5. The normalized spacial score (nSPS) is 19.2. The summed E-state index contributed by atoms with van der Waals surface area (Å²) in [5.41, 5.74) is 0.561. The molecule has 2 aromatic rings. The van der Waals surface area contributed by atoms with Crippen LogP contribution in [0.2, 0.25) is 0 Å². The van der Waals surface area contributed by atoms with Crippen molar-refractivity contribution in [3.05, 3.63) is 36.5 Å². The van der Waals surface area contributed by atoms with Gasteiger partial charge in [-0.2, -0.15) is 5.10 Å². The van der Waals surface area contributed by atoms with Crippen molar-refractivity contribution in [1.29, 1.82) is 0 Å². The van der Waals surface area contributed by atoms with Crippen LogP contribution in [0, 0.1) is 0 Å². The van der Waals surface area contributed by atoms with Crippen LogP contribution in [-0.4, -0.2) is 64.9 Å². The van der Waals surface area contributed by atoms with Gasteiger partial charge in [0, 0.05) is 31.4 Å². The summed E-state index contributed by atoms with van der Waals surface area (Å²) < 4.78 is 12.1. The first-order chi connectivity index (χ1) is 14.1. The third kappa shape index (κ3) is 4.68. The van der Waals surface area contributed by atoms with Gasteiger partial charge in [-0.1, -0.05) is 12.8 Å². The number of rotatable bonds is 7. The van der Waals surface area contributed by atoms with E-state index in [1.54, 1.807) is 18.3 Å². The Morgan fingerprint density at radius 2 is 2.00 bits per heavy atom. The van der Waals surface area contributed by atoms with E-state index in [4.69, 9.17) is 9.15 Å². The molecule has 0 atom stereocenters. The number of nitrogens with zero attached hydrogens (tertiary/aromatic N) is 3. The van der Waals surface area contributed by atoms with Gasteiger partial charge in [0.1, 0.15) is 6.54 Å².